The molecule has 6 heteroatoms. The summed E-state index contributed by atoms with van der Waals surface area (Å²) in [7, 11) is 1.22. The predicted molar refractivity (Wildman–Crippen MR) is 49.3 cm³/mol. The summed E-state index contributed by atoms with van der Waals surface area (Å²) in [4.78, 5) is 14.5. The van der Waals surface area contributed by atoms with Crippen molar-refractivity contribution in [2.75, 3.05) is 12.8 Å². The molecule has 0 aliphatic heterocycles. The van der Waals surface area contributed by atoms with Crippen molar-refractivity contribution in [2.24, 2.45) is 0 Å². The van der Waals surface area contributed by atoms with Crippen molar-refractivity contribution in [1.29, 1.82) is 0 Å². The van der Waals surface area contributed by atoms with Gasteiger partial charge >= 0.3 is 5.97 Å². The Balaban J connectivity index is 2.92. The summed E-state index contributed by atoms with van der Waals surface area (Å²) < 4.78 is 29.1. The first-order valence-electron chi connectivity index (χ1n) is 4.15. The van der Waals surface area contributed by atoms with E-state index in [1.54, 1.807) is 0 Å². The van der Waals surface area contributed by atoms with Gasteiger partial charge in [-0.3, -0.25) is 4.79 Å². The van der Waals surface area contributed by atoms with E-state index in [-0.39, 0.29) is 17.8 Å². The smallest absolute Gasteiger partial charge is 0.311 e. The van der Waals surface area contributed by atoms with Crippen molar-refractivity contribution in [1.82, 2.24) is 4.98 Å². The van der Waals surface area contributed by atoms with Crippen molar-refractivity contribution in [3.63, 3.8) is 0 Å². The highest BCUT2D eigenvalue weighted by molar-refractivity contribution is 5.72. The molecular formula is C9H10F2N2O2. The number of ether oxygens (including phenoxy) is 1. The van der Waals surface area contributed by atoms with Crippen LogP contribution in [0.1, 0.15) is 17.8 Å². The minimum atomic E-state index is -2.75. The number of nitrogens with zero attached hydrogens (tertiary/aromatic N) is 1. The number of hydrogen-bond donors (Lipinski definition) is 1. The van der Waals surface area contributed by atoms with Crippen LogP contribution in [0.3, 0.4) is 0 Å². The van der Waals surface area contributed by atoms with Crippen LogP contribution < -0.4 is 5.73 Å². The molecule has 0 aliphatic rings. The van der Waals surface area contributed by atoms with Crippen molar-refractivity contribution >= 4 is 11.7 Å². The number of nitrogens with two attached hydrogens (primary N) is 1. The topological polar surface area (TPSA) is 65.2 Å². The molecule has 0 atom stereocenters. The number of carbonyl (C=O) groups excluding carboxylic acids is 1. The second kappa shape index (κ2) is 4.68. The Morgan fingerprint density at radius 1 is 1.60 bits per heavy atom. The average molecular weight is 216 g/mol. The first-order valence-corrected chi connectivity index (χ1v) is 4.15. The first kappa shape index (κ1) is 11.4. The number of hydrogen-bond acceptors (Lipinski definition) is 4. The van der Waals surface area contributed by atoms with E-state index in [1.807, 2.05) is 0 Å². The quantitative estimate of drug-likeness (QED) is 0.774. The van der Waals surface area contributed by atoms with Crippen LogP contribution in [0.25, 0.3) is 0 Å². The molecule has 0 unspecified atom stereocenters. The Hall–Kier alpha value is -1.72. The third-order valence-corrected chi connectivity index (χ3v) is 1.77. The number of aromatic nitrogens is 1. The summed E-state index contributed by atoms with van der Waals surface area (Å²) in [5, 5.41) is 0. The van der Waals surface area contributed by atoms with Crippen molar-refractivity contribution in [3.05, 3.63) is 23.5 Å². The Kier molecular flexibility index (Phi) is 3.54. The number of alkyl halides is 2. The van der Waals surface area contributed by atoms with Gasteiger partial charge in [0.2, 0.25) is 0 Å². The van der Waals surface area contributed by atoms with Gasteiger partial charge in [-0.15, -0.1) is 0 Å². The lowest BCUT2D eigenvalue weighted by atomic mass is 10.2. The maximum atomic E-state index is 12.4. The number of anilines is 1. The molecule has 0 fully saturated rings. The molecule has 0 aliphatic carbocycles. The highest BCUT2D eigenvalue weighted by atomic mass is 19.3. The van der Waals surface area contributed by atoms with Gasteiger partial charge in [0, 0.05) is 0 Å². The Bertz CT molecular complexity index is 369. The normalized spacial score (nSPS) is 10.4. The molecule has 1 heterocycles. The maximum absolute atomic E-state index is 12.4. The molecule has 0 radical (unpaired) electrons. The number of pyridine rings is 1. The fourth-order valence-corrected chi connectivity index (χ4v) is 1.02. The zero-order valence-corrected chi connectivity index (χ0v) is 8.04. The van der Waals surface area contributed by atoms with E-state index >= 15 is 0 Å². The van der Waals surface area contributed by atoms with E-state index in [9.17, 15) is 13.6 Å². The third-order valence-electron chi connectivity index (χ3n) is 1.77. The number of nitrogen functional groups attached to an aromatic ring is 1. The lowest BCUT2D eigenvalue weighted by molar-refractivity contribution is -0.139. The van der Waals surface area contributed by atoms with Crippen LogP contribution in [0.15, 0.2) is 12.1 Å². The molecule has 0 bridgehead atoms. The Morgan fingerprint density at radius 2 is 2.27 bits per heavy atom. The number of rotatable bonds is 3. The summed E-state index contributed by atoms with van der Waals surface area (Å²) in [6.45, 7) is 0. The van der Waals surface area contributed by atoms with Crippen LogP contribution >= 0.6 is 0 Å². The second-order valence-electron chi connectivity index (χ2n) is 2.83. The molecule has 1 aromatic rings. The Morgan fingerprint density at radius 3 is 2.80 bits per heavy atom. The first-order chi connectivity index (χ1) is 7.04. The summed E-state index contributed by atoms with van der Waals surface area (Å²) in [6.07, 6.45) is -2.89. The number of methoxy groups -OCH3 is 1. The molecule has 1 aromatic heterocycles. The SMILES string of the molecule is COC(=O)Cc1ccc(N)c(C(F)F)n1. The summed E-state index contributed by atoms with van der Waals surface area (Å²) in [6, 6.07) is 2.71. The predicted octanol–water partition coefficient (Wildman–Crippen LogP) is 1.32. The van der Waals surface area contributed by atoms with E-state index < -0.39 is 18.1 Å². The fourth-order valence-electron chi connectivity index (χ4n) is 1.02. The van der Waals surface area contributed by atoms with Crippen LogP contribution in [0.2, 0.25) is 0 Å². The molecule has 0 spiro atoms. The van der Waals surface area contributed by atoms with Gasteiger partial charge in [-0.05, 0) is 12.1 Å². The fraction of sp³-hybridized carbons (Fsp3) is 0.333. The lowest BCUT2D eigenvalue weighted by Gasteiger charge is -2.05. The van der Waals surface area contributed by atoms with E-state index in [2.05, 4.69) is 9.72 Å². The van der Waals surface area contributed by atoms with Gasteiger partial charge < -0.3 is 10.5 Å². The molecule has 2 N–H and O–H groups in total. The minimum absolute atomic E-state index is 0.0846. The molecule has 0 amide bonds. The zero-order chi connectivity index (χ0) is 11.4. The van der Waals surface area contributed by atoms with Gasteiger partial charge in [-0.2, -0.15) is 0 Å². The molecule has 0 aromatic carbocycles. The van der Waals surface area contributed by atoms with Crippen LogP contribution in [0, 0.1) is 0 Å². The van der Waals surface area contributed by atoms with E-state index in [0.29, 0.717) is 0 Å². The largest absolute Gasteiger partial charge is 0.469 e. The number of halogens is 2. The van der Waals surface area contributed by atoms with E-state index in [0.717, 1.165) is 0 Å². The van der Waals surface area contributed by atoms with Crippen LogP contribution in [0.5, 0.6) is 0 Å². The highest BCUT2D eigenvalue weighted by Crippen LogP contribution is 2.22. The second-order valence-corrected chi connectivity index (χ2v) is 2.83. The minimum Gasteiger partial charge on any atom is -0.469 e. The van der Waals surface area contributed by atoms with Crippen molar-refractivity contribution < 1.29 is 18.3 Å². The van der Waals surface area contributed by atoms with Gasteiger partial charge in [0.15, 0.2) is 0 Å². The average Bonchev–Trinajstić information content (AvgIpc) is 2.20. The van der Waals surface area contributed by atoms with E-state index in [4.69, 9.17) is 5.73 Å². The summed E-state index contributed by atoms with van der Waals surface area (Å²) in [5.74, 6) is -0.535. The molecular weight excluding hydrogens is 206 g/mol. The lowest BCUT2D eigenvalue weighted by Crippen LogP contribution is -2.08. The third kappa shape index (κ3) is 2.87. The van der Waals surface area contributed by atoms with Gasteiger partial charge in [-0.1, -0.05) is 0 Å². The molecule has 4 nitrogen and oxygen atoms in total. The van der Waals surface area contributed by atoms with Crippen molar-refractivity contribution in [2.45, 2.75) is 12.8 Å². The van der Waals surface area contributed by atoms with Gasteiger partial charge in [0.05, 0.1) is 24.9 Å². The number of esters is 1. The zero-order valence-electron chi connectivity index (χ0n) is 8.04. The van der Waals surface area contributed by atoms with Crippen LogP contribution in [0.4, 0.5) is 14.5 Å². The van der Waals surface area contributed by atoms with Crippen molar-refractivity contribution in [3.8, 4) is 0 Å². The van der Waals surface area contributed by atoms with Gasteiger partial charge in [-0.25, -0.2) is 13.8 Å². The standard InChI is InChI=1S/C9H10F2N2O2/c1-15-7(14)4-5-2-3-6(12)8(13-5)9(10)11/h2-3,9H,4,12H2,1H3. The van der Waals surface area contributed by atoms with Crippen LogP contribution in [-0.2, 0) is 16.0 Å². The Labute approximate surface area is 85.1 Å². The molecule has 15 heavy (non-hydrogen) atoms. The number of carbonyl (C=O) groups is 1. The summed E-state index contributed by atoms with van der Waals surface area (Å²) in [5.41, 5.74) is 4.92. The maximum Gasteiger partial charge on any atom is 0.311 e. The molecule has 0 saturated carbocycles. The molecule has 82 valence electrons. The summed E-state index contributed by atoms with van der Waals surface area (Å²) >= 11 is 0. The van der Waals surface area contributed by atoms with E-state index in [1.165, 1.54) is 19.2 Å². The molecule has 0 saturated heterocycles. The monoisotopic (exact) mass is 216 g/mol. The van der Waals surface area contributed by atoms with Crippen LogP contribution in [-0.4, -0.2) is 18.1 Å². The van der Waals surface area contributed by atoms with Gasteiger partial charge in [0.25, 0.3) is 6.43 Å². The highest BCUT2D eigenvalue weighted by Gasteiger charge is 2.15. The van der Waals surface area contributed by atoms with Gasteiger partial charge in [0.1, 0.15) is 5.69 Å². The molecule has 1 rings (SSSR count).